The van der Waals surface area contributed by atoms with E-state index in [1.165, 1.54) is 0 Å². The summed E-state index contributed by atoms with van der Waals surface area (Å²) in [5.74, 6) is 2.62. The van der Waals surface area contributed by atoms with Gasteiger partial charge in [0, 0.05) is 24.6 Å². The molecule has 5 heteroatoms. The second-order valence-corrected chi connectivity index (χ2v) is 6.30. The van der Waals surface area contributed by atoms with E-state index in [4.69, 9.17) is 4.74 Å². The van der Waals surface area contributed by atoms with Crippen LogP contribution in [0.1, 0.15) is 46.4 Å². The fourth-order valence-corrected chi connectivity index (χ4v) is 2.19. The first-order valence-corrected chi connectivity index (χ1v) is 7.46. The lowest BCUT2D eigenvalue weighted by molar-refractivity contribution is 0.0875. The van der Waals surface area contributed by atoms with Gasteiger partial charge in [0.15, 0.2) is 0 Å². The minimum atomic E-state index is -0.0646. The molecule has 112 valence electrons. The topological polar surface area (TPSA) is 59.1 Å². The largest absolute Gasteiger partial charge is 0.379 e. The highest BCUT2D eigenvalue weighted by molar-refractivity contribution is 5.48. The Morgan fingerprint density at radius 3 is 2.65 bits per heavy atom. The maximum absolute atomic E-state index is 5.51. The fraction of sp³-hybridized carbons (Fsp3) is 0.733. The molecule has 2 N–H and O–H groups in total. The van der Waals surface area contributed by atoms with Crippen LogP contribution in [0.25, 0.3) is 0 Å². The Balaban J connectivity index is 2.19. The molecule has 0 bridgehead atoms. The van der Waals surface area contributed by atoms with Crippen molar-refractivity contribution in [2.24, 2.45) is 0 Å². The molecule has 1 fully saturated rings. The van der Waals surface area contributed by atoms with Crippen LogP contribution in [-0.2, 0) is 10.2 Å². The summed E-state index contributed by atoms with van der Waals surface area (Å²) < 4.78 is 5.51. The van der Waals surface area contributed by atoms with E-state index >= 15 is 0 Å². The van der Waals surface area contributed by atoms with Gasteiger partial charge in [0.25, 0.3) is 0 Å². The highest BCUT2D eigenvalue weighted by Gasteiger charge is 2.20. The SMILES string of the molecule is CCNc1cc(NC2CCCOC2)nc(C(C)(C)C)n1. The van der Waals surface area contributed by atoms with E-state index in [1.54, 1.807) is 0 Å². The fourth-order valence-electron chi connectivity index (χ4n) is 2.19. The number of aromatic nitrogens is 2. The summed E-state index contributed by atoms with van der Waals surface area (Å²) >= 11 is 0. The van der Waals surface area contributed by atoms with Crippen molar-refractivity contribution in [1.29, 1.82) is 0 Å². The van der Waals surface area contributed by atoms with Gasteiger partial charge in [0.1, 0.15) is 17.5 Å². The molecule has 2 rings (SSSR count). The second kappa shape index (κ2) is 6.39. The molecule has 1 aliphatic heterocycles. The Morgan fingerprint density at radius 2 is 2.05 bits per heavy atom. The summed E-state index contributed by atoms with van der Waals surface area (Å²) in [6.45, 7) is 10.9. The van der Waals surface area contributed by atoms with Crippen LogP contribution in [0.2, 0.25) is 0 Å². The first kappa shape index (κ1) is 15.0. The Kier molecular flexibility index (Phi) is 4.81. The molecule has 0 aromatic carbocycles. The van der Waals surface area contributed by atoms with Gasteiger partial charge >= 0.3 is 0 Å². The van der Waals surface area contributed by atoms with E-state index in [2.05, 4.69) is 48.3 Å². The molecule has 0 amide bonds. The third-order valence-electron chi connectivity index (χ3n) is 3.27. The van der Waals surface area contributed by atoms with Gasteiger partial charge in [-0.2, -0.15) is 0 Å². The smallest absolute Gasteiger partial charge is 0.138 e. The van der Waals surface area contributed by atoms with E-state index in [0.29, 0.717) is 6.04 Å². The van der Waals surface area contributed by atoms with Crippen LogP contribution in [0.4, 0.5) is 11.6 Å². The van der Waals surface area contributed by atoms with Gasteiger partial charge in [-0.1, -0.05) is 20.8 Å². The van der Waals surface area contributed by atoms with Crippen LogP contribution in [-0.4, -0.2) is 35.8 Å². The molecule has 5 nitrogen and oxygen atoms in total. The molecular weight excluding hydrogens is 252 g/mol. The van der Waals surface area contributed by atoms with E-state index < -0.39 is 0 Å². The van der Waals surface area contributed by atoms with Crippen molar-refractivity contribution >= 4 is 11.6 Å². The molecule has 2 heterocycles. The van der Waals surface area contributed by atoms with Crippen LogP contribution in [0.15, 0.2) is 6.07 Å². The van der Waals surface area contributed by atoms with Crippen LogP contribution < -0.4 is 10.6 Å². The molecule has 0 radical (unpaired) electrons. The summed E-state index contributed by atoms with van der Waals surface area (Å²) in [6.07, 6.45) is 2.24. The Morgan fingerprint density at radius 1 is 1.30 bits per heavy atom. The molecule has 1 saturated heterocycles. The van der Waals surface area contributed by atoms with Crippen molar-refractivity contribution < 1.29 is 4.74 Å². The van der Waals surface area contributed by atoms with Gasteiger partial charge in [-0.25, -0.2) is 9.97 Å². The van der Waals surface area contributed by atoms with Gasteiger partial charge in [-0.15, -0.1) is 0 Å². The number of ether oxygens (including phenoxy) is 1. The minimum absolute atomic E-state index is 0.0646. The average Bonchev–Trinajstić information content (AvgIpc) is 2.39. The van der Waals surface area contributed by atoms with Crippen LogP contribution in [0.3, 0.4) is 0 Å². The summed E-state index contributed by atoms with van der Waals surface area (Å²) in [5, 5.41) is 6.75. The van der Waals surface area contributed by atoms with E-state index in [1.807, 2.05) is 6.07 Å². The highest BCUT2D eigenvalue weighted by Crippen LogP contribution is 2.23. The van der Waals surface area contributed by atoms with Crippen molar-refractivity contribution in [3.8, 4) is 0 Å². The Labute approximate surface area is 121 Å². The number of nitrogens with one attached hydrogen (secondary N) is 2. The molecule has 0 aliphatic carbocycles. The monoisotopic (exact) mass is 278 g/mol. The van der Waals surface area contributed by atoms with Crippen molar-refractivity contribution in [3.05, 3.63) is 11.9 Å². The van der Waals surface area contributed by atoms with Crippen molar-refractivity contribution in [1.82, 2.24) is 9.97 Å². The van der Waals surface area contributed by atoms with Gasteiger partial charge in [0.05, 0.1) is 12.6 Å². The number of hydrogen-bond donors (Lipinski definition) is 2. The molecule has 1 aromatic rings. The van der Waals surface area contributed by atoms with Gasteiger partial charge in [-0.3, -0.25) is 0 Å². The molecule has 20 heavy (non-hydrogen) atoms. The van der Waals surface area contributed by atoms with Crippen LogP contribution in [0, 0.1) is 0 Å². The number of rotatable bonds is 4. The molecular formula is C15H26N4O. The predicted molar refractivity (Wildman–Crippen MR) is 82.4 cm³/mol. The molecule has 1 aliphatic rings. The maximum atomic E-state index is 5.51. The molecule has 0 spiro atoms. The number of anilines is 2. The highest BCUT2D eigenvalue weighted by atomic mass is 16.5. The summed E-state index contributed by atoms with van der Waals surface area (Å²) in [4.78, 5) is 9.26. The second-order valence-electron chi connectivity index (χ2n) is 6.30. The van der Waals surface area contributed by atoms with Crippen molar-refractivity contribution in [3.63, 3.8) is 0 Å². The standard InChI is InChI=1S/C15H26N4O/c1-5-16-12-9-13(17-11-7-6-8-20-10-11)19-14(18-12)15(2,3)4/h9,11H,5-8,10H2,1-4H3,(H2,16,17,18,19). The minimum Gasteiger partial charge on any atom is -0.379 e. The van der Waals surface area contributed by atoms with Gasteiger partial charge in [0.2, 0.25) is 0 Å². The molecule has 1 unspecified atom stereocenters. The third kappa shape index (κ3) is 4.07. The maximum Gasteiger partial charge on any atom is 0.138 e. The quantitative estimate of drug-likeness (QED) is 0.887. The third-order valence-corrected chi connectivity index (χ3v) is 3.27. The lowest BCUT2D eigenvalue weighted by Gasteiger charge is -2.25. The molecule has 1 atom stereocenters. The predicted octanol–water partition coefficient (Wildman–Crippen LogP) is 2.80. The van der Waals surface area contributed by atoms with E-state index in [-0.39, 0.29) is 5.41 Å². The number of hydrogen-bond acceptors (Lipinski definition) is 5. The zero-order chi connectivity index (χ0) is 14.6. The van der Waals surface area contributed by atoms with Crippen LogP contribution >= 0.6 is 0 Å². The zero-order valence-corrected chi connectivity index (χ0v) is 13.0. The lowest BCUT2D eigenvalue weighted by atomic mass is 9.96. The normalized spacial score (nSPS) is 19.7. The van der Waals surface area contributed by atoms with Gasteiger partial charge in [-0.05, 0) is 19.8 Å². The van der Waals surface area contributed by atoms with Crippen molar-refractivity contribution in [2.75, 3.05) is 30.4 Å². The Hall–Kier alpha value is -1.36. The van der Waals surface area contributed by atoms with Gasteiger partial charge < -0.3 is 15.4 Å². The average molecular weight is 278 g/mol. The van der Waals surface area contributed by atoms with Crippen molar-refractivity contribution in [2.45, 2.75) is 52.0 Å². The summed E-state index contributed by atoms with van der Waals surface area (Å²) in [7, 11) is 0. The lowest BCUT2D eigenvalue weighted by Crippen LogP contribution is -2.31. The van der Waals surface area contributed by atoms with Crippen LogP contribution in [0.5, 0.6) is 0 Å². The van der Waals surface area contributed by atoms with E-state index in [9.17, 15) is 0 Å². The molecule has 0 saturated carbocycles. The zero-order valence-electron chi connectivity index (χ0n) is 13.0. The first-order valence-electron chi connectivity index (χ1n) is 7.46. The summed E-state index contributed by atoms with van der Waals surface area (Å²) in [5.41, 5.74) is -0.0646. The van der Waals surface area contributed by atoms with E-state index in [0.717, 1.165) is 50.1 Å². The number of nitrogens with zero attached hydrogens (tertiary/aromatic N) is 2. The molecule has 1 aromatic heterocycles. The summed E-state index contributed by atoms with van der Waals surface area (Å²) in [6, 6.07) is 2.33. The Bertz CT molecular complexity index is 436. The first-order chi connectivity index (χ1) is 9.49.